The summed E-state index contributed by atoms with van der Waals surface area (Å²) in [4.78, 5) is 9.98. The van der Waals surface area contributed by atoms with Crippen LogP contribution in [0, 0.1) is 0 Å². The molecule has 0 atom stereocenters. The fraction of sp³-hybridized carbons (Fsp3) is 0. The lowest BCUT2D eigenvalue weighted by molar-refractivity contribution is 1.06. The second-order valence-electron chi connectivity index (χ2n) is 0.967. The molecular weight excluding hydrogens is 94.1 g/mol. The van der Waals surface area contributed by atoms with Crippen LogP contribution in [0.15, 0.2) is 17.1 Å². The molecule has 0 aliphatic heterocycles. The van der Waals surface area contributed by atoms with E-state index < -0.39 is 0 Å². The van der Waals surface area contributed by atoms with Crippen molar-refractivity contribution in [2.24, 2.45) is 0 Å². The zero-order chi connectivity index (χ0) is 4.41. The predicted molar refractivity (Wildman–Crippen MR) is 27.4 cm³/mol. The van der Waals surface area contributed by atoms with E-state index in [4.69, 9.17) is 0 Å². The molecule has 7 heavy (non-hydrogen) atoms. The van der Waals surface area contributed by atoms with E-state index in [9.17, 15) is 4.79 Å². The van der Waals surface area contributed by atoms with Crippen molar-refractivity contribution in [2.75, 3.05) is 0 Å². The summed E-state index contributed by atoms with van der Waals surface area (Å²) in [6.45, 7) is 0. The Balaban J connectivity index is 0.000000360. The highest BCUT2D eigenvalue weighted by atomic mass is 16.1. The van der Waals surface area contributed by atoms with E-state index >= 15 is 0 Å². The van der Waals surface area contributed by atoms with Crippen LogP contribution < -0.4 is 11.7 Å². The second-order valence-corrected chi connectivity index (χ2v) is 0.967. The smallest absolute Gasteiger partial charge is 0.263 e. The van der Waals surface area contributed by atoms with Gasteiger partial charge in [0.1, 0.15) is 0 Å². The molecule has 1 aromatic heterocycles. The molecule has 0 unspecified atom stereocenters. The molecule has 0 radical (unpaired) electrons. The summed E-state index contributed by atoms with van der Waals surface area (Å²) in [5.41, 5.74) is -0.0880. The van der Waals surface area contributed by atoms with Gasteiger partial charge in [-0.1, -0.05) is 0 Å². The van der Waals surface area contributed by atoms with Crippen LogP contribution in [0.4, 0.5) is 0 Å². The van der Waals surface area contributed by atoms with E-state index in [1.165, 1.54) is 6.07 Å². The molecule has 6 N–H and O–H groups in total. The van der Waals surface area contributed by atoms with Crippen molar-refractivity contribution in [1.82, 2.24) is 16.3 Å². The lowest BCUT2D eigenvalue weighted by Crippen LogP contribution is -1.93. The molecule has 1 aromatic rings. The van der Waals surface area contributed by atoms with Gasteiger partial charge < -0.3 is 11.2 Å². The average molecular weight is 102 g/mol. The fourth-order valence-corrected chi connectivity index (χ4v) is 0.272. The Kier molecular flexibility index (Phi) is 1.87. The quantitative estimate of drug-likeness (QED) is 0.425. The highest BCUT2D eigenvalue weighted by Crippen LogP contribution is 1.53. The molecule has 40 valence electrons. The van der Waals surface area contributed by atoms with Crippen LogP contribution in [0.1, 0.15) is 0 Å². The Hall–Kier alpha value is -1.03. The lowest BCUT2D eigenvalue weighted by atomic mass is 10.7. The number of aromatic nitrogens is 2. The summed E-state index contributed by atoms with van der Waals surface area (Å²) in [6, 6.07) is 1.42. The minimum atomic E-state index is -0.0880. The number of H-pyrrole nitrogens is 2. The Labute approximate surface area is 40.1 Å². The molecule has 0 aromatic carbocycles. The summed E-state index contributed by atoms with van der Waals surface area (Å²) in [5, 5.41) is 4.81. The van der Waals surface area contributed by atoms with E-state index in [2.05, 4.69) is 10.2 Å². The SMILES string of the molecule is O=c1cc[nH][nH]1.[NH4+]. The number of hydrogen-bond acceptors (Lipinski definition) is 1. The number of aromatic amines is 2. The van der Waals surface area contributed by atoms with Gasteiger partial charge in [-0.15, -0.1) is 0 Å². The number of nitrogens with one attached hydrogen (secondary N) is 2. The van der Waals surface area contributed by atoms with E-state index in [-0.39, 0.29) is 11.7 Å². The maximum atomic E-state index is 9.98. The molecule has 0 saturated carbocycles. The number of hydrogen-bond donors (Lipinski definition) is 3. The molecule has 1 heterocycles. The summed E-state index contributed by atoms with van der Waals surface area (Å²) in [7, 11) is 0. The minimum absolute atomic E-state index is 0. The standard InChI is InChI=1S/C3H4N2O.H3N/c6-3-1-2-4-5-3;/h1-2H,(H2,4,5,6);1H3/p+1. The molecule has 0 bridgehead atoms. The number of quaternary nitrogens is 1. The van der Waals surface area contributed by atoms with E-state index in [1.54, 1.807) is 6.20 Å². The van der Waals surface area contributed by atoms with Crippen LogP contribution >= 0.6 is 0 Å². The van der Waals surface area contributed by atoms with Gasteiger partial charge in [-0.05, 0) is 0 Å². The van der Waals surface area contributed by atoms with Crippen LogP contribution in [-0.2, 0) is 0 Å². The Morgan fingerprint density at radius 1 is 1.57 bits per heavy atom. The third-order valence-electron chi connectivity index (χ3n) is 0.513. The topological polar surface area (TPSA) is 85.2 Å². The van der Waals surface area contributed by atoms with Crippen molar-refractivity contribution in [1.29, 1.82) is 0 Å². The van der Waals surface area contributed by atoms with Gasteiger partial charge in [0.15, 0.2) is 0 Å². The third-order valence-corrected chi connectivity index (χ3v) is 0.513. The zero-order valence-corrected chi connectivity index (χ0v) is 4.06. The first-order valence-corrected chi connectivity index (χ1v) is 1.61. The van der Waals surface area contributed by atoms with Crippen LogP contribution in [0.25, 0.3) is 0 Å². The number of rotatable bonds is 0. The molecule has 0 saturated heterocycles. The highest BCUT2D eigenvalue weighted by Gasteiger charge is 1.70. The molecule has 0 amide bonds. The van der Waals surface area contributed by atoms with E-state index in [0.29, 0.717) is 0 Å². The minimum Gasteiger partial charge on any atom is -0.369 e. The van der Waals surface area contributed by atoms with Crippen molar-refractivity contribution in [2.45, 2.75) is 0 Å². The largest absolute Gasteiger partial charge is 0.369 e. The maximum Gasteiger partial charge on any atom is 0.263 e. The Bertz CT molecular complexity index is 148. The third kappa shape index (κ3) is 1.23. The van der Waals surface area contributed by atoms with Crippen LogP contribution in [0.3, 0.4) is 0 Å². The van der Waals surface area contributed by atoms with E-state index in [0.717, 1.165) is 0 Å². The summed E-state index contributed by atoms with van der Waals surface area (Å²) in [5.74, 6) is 0. The lowest BCUT2D eigenvalue weighted by Gasteiger charge is -1.55. The predicted octanol–water partition coefficient (Wildman–Crippen LogP) is 0.0792. The first-order chi connectivity index (χ1) is 2.89. The van der Waals surface area contributed by atoms with Gasteiger partial charge in [0.25, 0.3) is 5.56 Å². The summed E-state index contributed by atoms with van der Waals surface area (Å²) < 4.78 is 0. The van der Waals surface area contributed by atoms with Crippen LogP contribution in [0.5, 0.6) is 0 Å². The van der Waals surface area contributed by atoms with Gasteiger partial charge in [0, 0.05) is 12.3 Å². The molecule has 0 aliphatic carbocycles. The summed E-state index contributed by atoms with van der Waals surface area (Å²) in [6.07, 6.45) is 1.54. The maximum absolute atomic E-state index is 9.98. The van der Waals surface area contributed by atoms with Crippen LogP contribution in [0.2, 0.25) is 0 Å². The Morgan fingerprint density at radius 2 is 2.29 bits per heavy atom. The van der Waals surface area contributed by atoms with Crippen molar-refractivity contribution >= 4 is 0 Å². The molecule has 0 fully saturated rings. The molecule has 4 nitrogen and oxygen atoms in total. The normalized spacial score (nSPS) is 7.43. The molecule has 4 heteroatoms. The average Bonchev–Trinajstić information content (AvgIpc) is 1.86. The van der Waals surface area contributed by atoms with Gasteiger partial charge in [-0.25, -0.2) is 0 Å². The Morgan fingerprint density at radius 3 is 2.43 bits per heavy atom. The van der Waals surface area contributed by atoms with E-state index in [1.807, 2.05) is 0 Å². The van der Waals surface area contributed by atoms with Crippen LogP contribution in [-0.4, -0.2) is 10.2 Å². The van der Waals surface area contributed by atoms with Gasteiger partial charge in [-0.2, -0.15) is 0 Å². The van der Waals surface area contributed by atoms with Gasteiger partial charge >= 0.3 is 0 Å². The first kappa shape index (κ1) is 5.97. The van der Waals surface area contributed by atoms with Crippen molar-refractivity contribution < 1.29 is 0 Å². The molecular formula is C3H8N3O+. The zero-order valence-electron chi connectivity index (χ0n) is 4.06. The van der Waals surface area contributed by atoms with Gasteiger partial charge in [0.2, 0.25) is 0 Å². The monoisotopic (exact) mass is 102 g/mol. The van der Waals surface area contributed by atoms with Gasteiger partial charge in [-0.3, -0.25) is 9.89 Å². The fourth-order valence-electron chi connectivity index (χ4n) is 0.272. The molecule has 0 aliphatic rings. The molecule has 0 spiro atoms. The molecule has 1 rings (SSSR count). The van der Waals surface area contributed by atoms with Crippen molar-refractivity contribution in [3.05, 3.63) is 22.6 Å². The van der Waals surface area contributed by atoms with Crippen molar-refractivity contribution in [3.8, 4) is 0 Å². The van der Waals surface area contributed by atoms with Gasteiger partial charge in [0.05, 0.1) is 0 Å². The first-order valence-electron chi connectivity index (χ1n) is 1.61. The van der Waals surface area contributed by atoms with Crippen molar-refractivity contribution in [3.63, 3.8) is 0 Å². The summed E-state index contributed by atoms with van der Waals surface area (Å²) >= 11 is 0. The second kappa shape index (κ2) is 2.20. The highest BCUT2D eigenvalue weighted by molar-refractivity contribution is 4.75.